The van der Waals surface area contributed by atoms with Gasteiger partial charge in [0.15, 0.2) is 5.78 Å². The highest BCUT2D eigenvalue weighted by atomic mass is 16.2. The lowest BCUT2D eigenvalue weighted by atomic mass is 10.2. The molecule has 0 spiro atoms. The minimum atomic E-state index is -0.410. The van der Waals surface area contributed by atoms with Crippen molar-refractivity contribution < 1.29 is 4.79 Å². The van der Waals surface area contributed by atoms with Crippen LogP contribution < -0.4 is 5.69 Å². The number of aryl methyl sites for hydroxylation is 1. The third-order valence-electron chi connectivity index (χ3n) is 2.25. The molecule has 2 aromatic heterocycles. The normalized spacial score (nSPS) is 10.3. The summed E-state index contributed by atoms with van der Waals surface area (Å²) in [6.07, 6.45) is 6.48. The van der Waals surface area contributed by atoms with Crippen molar-refractivity contribution in [3.8, 4) is 0 Å². The molecule has 0 N–H and O–H groups in total. The topological polar surface area (TPSA) is 56.9 Å². The van der Waals surface area contributed by atoms with Gasteiger partial charge in [-0.2, -0.15) is 0 Å². The maximum Gasteiger partial charge on any atom is 0.347 e. The summed E-state index contributed by atoms with van der Waals surface area (Å²) in [5.41, 5.74) is 0.185. The zero-order chi connectivity index (χ0) is 11.5. The van der Waals surface area contributed by atoms with Gasteiger partial charge in [0.05, 0.1) is 6.54 Å². The summed E-state index contributed by atoms with van der Waals surface area (Å²) in [5, 5.41) is 0. The van der Waals surface area contributed by atoms with Crippen LogP contribution in [0.15, 0.2) is 41.7 Å². The Morgan fingerprint density at radius 1 is 1.44 bits per heavy atom. The number of hydrogen-bond acceptors (Lipinski definition) is 3. The molecule has 5 heteroatoms. The van der Waals surface area contributed by atoms with Crippen LogP contribution in [-0.2, 0) is 13.6 Å². The van der Waals surface area contributed by atoms with Crippen LogP contribution in [0.25, 0.3) is 0 Å². The van der Waals surface area contributed by atoms with Crippen LogP contribution in [0.5, 0.6) is 0 Å². The number of rotatable bonds is 3. The molecule has 5 nitrogen and oxygen atoms in total. The Bertz CT molecular complexity index is 568. The van der Waals surface area contributed by atoms with Crippen LogP contribution in [0.2, 0.25) is 0 Å². The Morgan fingerprint density at radius 2 is 2.25 bits per heavy atom. The Morgan fingerprint density at radius 3 is 2.88 bits per heavy atom. The van der Waals surface area contributed by atoms with Crippen molar-refractivity contribution in [1.82, 2.24) is 14.1 Å². The molecule has 0 aliphatic rings. The summed E-state index contributed by atoms with van der Waals surface area (Å²) in [7, 11) is 1.84. The highest BCUT2D eigenvalue weighted by Crippen LogP contribution is 2.01. The first-order valence-corrected chi connectivity index (χ1v) is 4.83. The molecule has 0 radical (unpaired) electrons. The molecule has 16 heavy (non-hydrogen) atoms. The zero-order valence-electron chi connectivity index (χ0n) is 8.83. The van der Waals surface area contributed by atoms with E-state index in [-0.39, 0.29) is 12.3 Å². The molecule has 0 saturated carbocycles. The lowest BCUT2D eigenvalue weighted by Gasteiger charge is -2.01. The van der Waals surface area contributed by atoms with Crippen molar-refractivity contribution in [2.75, 3.05) is 0 Å². The maximum atomic E-state index is 11.8. The van der Waals surface area contributed by atoms with E-state index in [4.69, 9.17) is 0 Å². The van der Waals surface area contributed by atoms with Gasteiger partial charge < -0.3 is 4.57 Å². The molecule has 0 aliphatic carbocycles. The second-order valence-electron chi connectivity index (χ2n) is 3.52. The third kappa shape index (κ3) is 2.08. The third-order valence-corrected chi connectivity index (χ3v) is 2.25. The van der Waals surface area contributed by atoms with Gasteiger partial charge in [-0.25, -0.2) is 9.78 Å². The smallest absolute Gasteiger partial charge is 0.347 e. The van der Waals surface area contributed by atoms with Gasteiger partial charge in [-0.15, -0.1) is 0 Å². The summed E-state index contributed by atoms with van der Waals surface area (Å²) in [5.74, 6) is -0.101. The molecule has 0 fully saturated rings. The first-order valence-electron chi connectivity index (χ1n) is 4.83. The Balaban J connectivity index is 2.20. The van der Waals surface area contributed by atoms with E-state index < -0.39 is 5.69 Å². The van der Waals surface area contributed by atoms with E-state index in [1.54, 1.807) is 35.3 Å². The second kappa shape index (κ2) is 4.14. The SMILES string of the molecule is Cn1ccc(C(=O)Cn2cccnc2=O)c1. The number of aromatic nitrogens is 3. The van der Waals surface area contributed by atoms with Crippen molar-refractivity contribution in [1.29, 1.82) is 0 Å². The van der Waals surface area contributed by atoms with Gasteiger partial charge in [0.2, 0.25) is 0 Å². The van der Waals surface area contributed by atoms with Gasteiger partial charge in [0.25, 0.3) is 0 Å². The van der Waals surface area contributed by atoms with Gasteiger partial charge >= 0.3 is 5.69 Å². The average Bonchev–Trinajstić information content (AvgIpc) is 2.68. The minimum absolute atomic E-state index is 0.0245. The molecule has 2 rings (SSSR count). The second-order valence-corrected chi connectivity index (χ2v) is 3.52. The van der Waals surface area contributed by atoms with E-state index in [0.717, 1.165) is 0 Å². The minimum Gasteiger partial charge on any atom is -0.357 e. The average molecular weight is 217 g/mol. The predicted molar refractivity (Wildman–Crippen MR) is 58.2 cm³/mol. The number of hydrogen-bond donors (Lipinski definition) is 0. The number of carbonyl (C=O) groups excluding carboxylic acids is 1. The summed E-state index contributed by atoms with van der Waals surface area (Å²) in [6, 6.07) is 3.35. The van der Waals surface area contributed by atoms with Crippen LogP contribution in [0.4, 0.5) is 0 Å². The molecule has 0 saturated heterocycles. The van der Waals surface area contributed by atoms with Crippen molar-refractivity contribution in [2.45, 2.75) is 6.54 Å². The van der Waals surface area contributed by atoms with Gasteiger partial charge in [0.1, 0.15) is 0 Å². The van der Waals surface area contributed by atoms with Gasteiger partial charge in [-0.3, -0.25) is 9.36 Å². The van der Waals surface area contributed by atoms with E-state index in [9.17, 15) is 9.59 Å². The van der Waals surface area contributed by atoms with Crippen LogP contribution in [0.1, 0.15) is 10.4 Å². The van der Waals surface area contributed by atoms with Crippen molar-refractivity contribution in [3.05, 3.63) is 53.0 Å². The van der Waals surface area contributed by atoms with Crippen molar-refractivity contribution in [2.24, 2.45) is 7.05 Å². The highest BCUT2D eigenvalue weighted by molar-refractivity contribution is 5.95. The van der Waals surface area contributed by atoms with E-state index in [1.807, 2.05) is 7.05 Å². The van der Waals surface area contributed by atoms with Crippen molar-refractivity contribution in [3.63, 3.8) is 0 Å². The van der Waals surface area contributed by atoms with Crippen LogP contribution in [-0.4, -0.2) is 19.9 Å². The standard InChI is InChI=1S/C11H11N3O2/c1-13-6-3-9(7-13)10(15)8-14-5-2-4-12-11(14)16/h2-7H,8H2,1H3. The fourth-order valence-corrected chi connectivity index (χ4v) is 1.42. The molecule has 0 amide bonds. The summed E-state index contributed by atoms with van der Waals surface area (Å²) >= 11 is 0. The summed E-state index contributed by atoms with van der Waals surface area (Å²) in [4.78, 5) is 26.6. The van der Waals surface area contributed by atoms with E-state index in [2.05, 4.69) is 4.98 Å². The first-order chi connectivity index (χ1) is 7.66. The molecular weight excluding hydrogens is 206 g/mol. The quantitative estimate of drug-likeness (QED) is 0.702. The molecule has 0 aliphatic heterocycles. The Kier molecular flexibility index (Phi) is 2.68. The molecule has 0 unspecified atom stereocenters. The van der Waals surface area contributed by atoms with E-state index in [1.165, 1.54) is 10.8 Å². The number of nitrogens with zero attached hydrogens (tertiary/aromatic N) is 3. The molecule has 2 heterocycles. The molecule has 0 atom stereocenters. The molecule has 2 aromatic rings. The van der Waals surface area contributed by atoms with Crippen LogP contribution in [0, 0.1) is 0 Å². The number of ketones is 1. The lowest BCUT2D eigenvalue weighted by Crippen LogP contribution is -2.25. The molecule has 82 valence electrons. The fraction of sp³-hybridized carbons (Fsp3) is 0.182. The highest BCUT2D eigenvalue weighted by Gasteiger charge is 2.08. The monoisotopic (exact) mass is 217 g/mol. The van der Waals surface area contributed by atoms with Crippen molar-refractivity contribution >= 4 is 5.78 Å². The molecular formula is C11H11N3O2. The first kappa shape index (κ1) is 10.4. The number of Topliss-reactive ketones (excluding diaryl/α,β-unsaturated/α-hetero) is 1. The maximum absolute atomic E-state index is 11.8. The summed E-state index contributed by atoms with van der Waals surface area (Å²) < 4.78 is 3.08. The van der Waals surface area contributed by atoms with E-state index >= 15 is 0 Å². The van der Waals surface area contributed by atoms with Gasteiger partial charge in [-0.1, -0.05) is 0 Å². The van der Waals surface area contributed by atoms with E-state index in [0.29, 0.717) is 5.56 Å². The van der Waals surface area contributed by atoms with Gasteiger partial charge in [0, 0.05) is 37.4 Å². The van der Waals surface area contributed by atoms with Gasteiger partial charge in [-0.05, 0) is 12.1 Å². The lowest BCUT2D eigenvalue weighted by molar-refractivity contribution is 0.0970. The zero-order valence-corrected chi connectivity index (χ0v) is 8.83. The van der Waals surface area contributed by atoms with Crippen LogP contribution in [0.3, 0.4) is 0 Å². The Labute approximate surface area is 92.0 Å². The predicted octanol–water partition coefficient (Wildman–Crippen LogP) is 0.465. The van der Waals surface area contributed by atoms with Crippen LogP contribution >= 0.6 is 0 Å². The Hall–Kier alpha value is -2.17. The largest absolute Gasteiger partial charge is 0.357 e. The molecule has 0 bridgehead atoms. The molecule has 0 aromatic carbocycles. The summed E-state index contributed by atoms with van der Waals surface area (Å²) in [6.45, 7) is 0.0245. The number of carbonyl (C=O) groups is 1. The fourth-order valence-electron chi connectivity index (χ4n) is 1.42.